The van der Waals surface area contributed by atoms with Gasteiger partial charge in [-0.3, -0.25) is 0 Å². The summed E-state index contributed by atoms with van der Waals surface area (Å²) in [7, 11) is 0. The van der Waals surface area contributed by atoms with Crippen molar-refractivity contribution in [1.29, 1.82) is 0 Å². The standard InChI is InChI=1S/C16H23NS/c1-5-6-7-11-18-15-10-8-9-14(12-15)13-17-16(2,3)4/h1,8-10,12,17H,6-7,11,13H2,2-4H3. The van der Waals surface area contributed by atoms with E-state index in [1.807, 2.05) is 11.8 Å². The lowest BCUT2D eigenvalue weighted by atomic mass is 10.1. The van der Waals surface area contributed by atoms with E-state index in [9.17, 15) is 0 Å². The van der Waals surface area contributed by atoms with Gasteiger partial charge in [0.05, 0.1) is 0 Å². The molecule has 0 aliphatic heterocycles. The van der Waals surface area contributed by atoms with Crippen LogP contribution in [0.1, 0.15) is 39.2 Å². The smallest absolute Gasteiger partial charge is 0.0210 e. The molecule has 0 atom stereocenters. The molecule has 0 aliphatic rings. The van der Waals surface area contributed by atoms with E-state index in [0.29, 0.717) is 0 Å². The zero-order valence-corrected chi connectivity index (χ0v) is 12.4. The van der Waals surface area contributed by atoms with Crippen LogP contribution in [0.4, 0.5) is 0 Å². The van der Waals surface area contributed by atoms with Crippen molar-refractivity contribution in [3.8, 4) is 12.3 Å². The fraction of sp³-hybridized carbons (Fsp3) is 0.500. The molecule has 1 rings (SSSR count). The second kappa shape index (κ2) is 7.51. The molecule has 0 aliphatic carbocycles. The Labute approximate surface area is 116 Å². The molecule has 1 aromatic carbocycles. The predicted octanol–water partition coefficient (Wildman–Crippen LogP) is 4.08. The minimum atomic E-state index is 0.163. The molecule has 0 heterocycles. The Morgan fingerprint density at radius 2 is 2.11 bits per heavy atom. The third kappa shape index (κ3) is 6.74. The molecule has 0 spiro atoms. The molecule has 1 aromatic rings. The summed E-state index contributed by atoms with van der Waals surface area (Å²) in [5.41, 5.74) is 1.50. The molecule has 98 valence electrons. The summed E-state index contributed by atoms with van der Waals surface area (Å²) >= 11 is 1.88. The van der Waals surface area contributed by atoms with Crippen LogP contribution >= 0.6 is 11.8 Å². The maximum absolute atomic E-state index is 5.24. The second-order valence-corrected chi connectivity index (χ2v) is 6.58. The summed E-state index contributed by atoms with van der Waals surface area (Å²) in [6.45, 7) is 7.48. The minimum Gasteiger partial charge on any atom is -0.308 e. The molecule has 0 radical (unpaired) electrons. The van der Waals surface area contributed by atoms with Crippen molar-refractivity contribution in [2.24, 2.45) is 0 Å². The van der Waals surface area contributed by atoms with Gasteiger partial charge < -0.3 is 5.32 Å². The van der Waals surface area contributed by atoms with Crippen LogP contribution < -0.4 is 5.32 Å². The molecule has 18 heavy (non-hydrogen) atoms. The summed E-state index contributed by atoms with van der Waals surface area (Å²) in [6.07, 6.45) is 7.21. The Kier molecular flexibility index (Phi) is 6.32. The normalized spacial score (nSPS) is 11.2. The first kappa shape index (κ1) is 15.1. The number of nitrogens with one attached hydrogen (secondary N) is 1. The number of terminal acetylenes is 1. The Morgan fingerprint density at radius 1 is 1.33 bits per heavy atom. The van der Waals surface area contributed by atoms with Crippen molar-refractivity contribution >= 4 is 11.8 Å². The van der Waals surface area contributed by atoms with Gasteiger partial charge in [0.1, 0.15) is 0 Å². The lowest BCUT2D eigenvalue weighted by Crippen LogP contribution is -2.35. The average Bonchev–Trinajstić information content (AvgIpc) is 2.32. The van der Waals surface area contributed by atoms with Crippen LogP contribution in [-0.4, -0.2) is 11.3 Å². The van der Waals surface area contributed by atoms with E-state index in [2.05, 4.69) is 56.3 Å². The highest BCUT2D eigenvalue weighted by Crippen LogP contribution is 2.20. The van der Waals surface area contributed by atoms with Gasteiger partial charge in [-0.1, -0.05) is 12.1 Å². The fourth-order valence-electron chi connectivity index (χ4n) is 1.48. The van der Waals surface area contributed by atoms with Gasteiger partial charge in [-0.25, -0.2) is 0 Å². The number of hydrogen-bond donors (Lipinski definition) is 1. The number of rotatable bonds is 6. The van der Waals surface area contributed by atoms with E-state index in [1.54, 1.807) is 0 Å². The molecular weight excluding hydrogens is 238 g/mol. The molecule has 0 saturated heterocycles. The van der Waals surface area contributed by atoms with Crippen LogP contribution in [-0.2, 0) is 6.54 Å². The quantitative estimate of drug-likeness (QED) is 0.470. The second-order valence-electron chi connectivity index (χ2n) is 5.41. The minimum absolute atomic E-state index is 0.163. The van der Waals surface area contributed by atoms with E-state index in [4.69, 9.17) is 6.42 Å². The van der Waals surface area contributed by atoms with Crippen molar-refractivity contribution in [2.45, 2.75) is 50.6 Å². The molecule has 0 fully saturated rings. The van der Waals surface area contributed by atoms with Crippen molar-refractivity contribution in [1.82, 2.24) is 5.32 Å². The number of thioether (sulfide) groups is 1. The predicted molar refractivity (Wildman–Crippen MR) is 81.8 cm³/mol. The zero-order chi connectivity index (χ0) is 13.4. The first-order valence-corrected chi connectivity index (χ1v) is 7.40. The van der Waals surface area contributed by atoms with Gasteiger partial charge in [0.2, 0.25) is 0 Å². The summed E-state index contributed by atoms with van der Waals surface area (Å²) in [6, 6.07) is 8.73. The van der Waals surface area contributed by atoms with E-state index in [0.717, 1.165) is 25.1 Å². The number of hydrogen-bond acceptors (Lipinski definition) is 2. The molecule has 0 aromatic heterocycles. The van der Waals surface area contributed by atoms with Crippen LogP contribution in [0.25, 0.3) is 0 Å². The maximum atomic E-state index is 5.24. The van der Waals surface area contributed by atoms with E-state index >= 15 is 0 Å². The van der Waals surface area contributed by atoms with Crippen LogP contribution in [0.3, 0.4) is 0 Å². The molecule has 0 bridgehead atoms. The van der Waals surface area contributed by atoms with Crippen LogP contribution in [0, 0.1) is 12.3 Å². The monoisotopic (exact) mass is 261 g/mol. The molecule has 0 saturated carbocycles. The molecule has 0 amide bonds. The zero-order valence-electron chi connectivity index (χ0n) is 11.6. The van der Waals surface area contributed by atoms with E-state index in [-0.39, 0.29) is 5.54 Å². The average molecular weight is 261 g/mol. The highest BCUT2D eigenvalue weighted by Gasteiger charge is 2.08. The van der Waals surface area contributed by atoms with Crippen LogP contribution in [0.2, 0.25) is 0 Å². The molecular formula is C16H23NS. The largest absolute Gasteiger partial charge is 0.308 e. The highest BCUT2D eigenvalue weighted by molar-refractivity contribution is 7.99. The van der Waals surface area contributed by atoms with Gasteiger partial charge in [0, 0.05) is 23.4 Å². The summed E-state index contributed by atoms with van der Waals surface area (Å²) < 4.78 is 0. The third-order valence-electron chi connectivity index (χ3n) is 2.46. The molecule has 1 N–H and O–H groups in total. The van der Waals surface area contributed by atoms with Crippen molar-refractivity contribution < 1.29 is 0 Å². The molecule has 2 heteroatoms. The molecule has 1 nitrogen and oxygen atoms in total. The first-order valence-electron chi connectivity index (χ1n) is 6.41. The lowest BCUT2D eigenvalue weighted by Gasteiger charge is -2.20. The third-order valence-corrected chi connectivity index (χ3v) is 3.54. The summed E-state index contributed by atoms with van der Waals surface area (Å²) in [5.74, 6) is 3.78. The van der Waals surface area contributed by atoms with Gasteiger partial charge in [-0.15, -0.1) is 24.1 Å². The number of unbranched alkanes of at least 4 members (excludes halogenated alkanes) is 1. The van der Waals surface area contributed by atoms with Gasteiger partial charge in [0.15, 0.2) is 0 Å². The van der Waals surface area contributed by atoms with E-state index < -0.39 is 0 Å². The molecule has 0 unspecified atom stereocenters. The van der Waals surface area contributed by atoms with Gasteiger partial charge in [-0.05, 0) is 50.6 Å². The van der Waals surface area contributed by atoms with Gasteiger partial charge >= 0.3 is 0 Å². The highest BCUT2D eigenvalue weighted by atomic mass is 32.2. The van der Waals surface area contributed by atoms with E-state index in [1.165, 1.54) is 10.5 Å². The Bertz CT molecular complexity index is 398. The van der Waals surface area contributed by atoms with Crippen molar-refractivity contribution in [3.63, 3.8) is 0 Å². The Morgan fingerprint density at radius 3 is 2.78 bits per heavy atom. The van der Waals surface area contributed by atoms with Crippen molar-refractivity contribution in [2.75, 3.05) is 5.75 Å². The fourth-order valence-corrected chi connectivity index (χ4v) is 2.41. The van der Waals surface area contributed by atoms with Gasteiger partial charge in [0.25, 0.3) is 0 Å². The Balaban J connectivity index is 2.44. The van der Waals surface area contributed by atoms with Crippen LogP contribution in [0.15, 0.2) is 29.2 Å². The van der Waals surface area contributed by atoms with Gasteiger partial charge in [-0.2, -0.15) is 0 Å². The topological polar surface area (TPSA) is 12.0 Å². The maximum Gasteiger partial charge on any atom is 0.0210 e. The lowest BCUT2D eigenvalue weighted by molar-refractivity contribution is 0.424. The Hall–Kier alpha value is -0.910. The summed E-state index contributed by atoms with van der Waals surface area (Å²) in [4.78, 5) is 1.33. The SMILES string of the molecule is C#CCCCSc1cccc(CNC(C)(C)C)c1. The van der Waals surface area contributed by atoms with Crippen LogP contribution in [0.5, 0.6) is 0 Å². The van der Waals surface area contributed by atoms with Crippen molar-refractivity contribution in [3.05, 3.63) is 29.8 Å². The number of benzene rings is 1. The first-order chi connectivity index (χ1) is 8.51. The summed E-state index contributed by atoms with van der Waals surface area (Å²) in [5, 5.41) is 3.51.